The predicted molar refractivity (Wildman–Crippen MR) is 51.0 cm³/mol. The molecule has 12 heavy (non-hydrogen) atoms. The molecule has 0 radical (unpaired) electrons. The molecule has 0 aromatic carbocycles. The number of rotatable bonds is 2. The lowest BCUT2D eigenvalue weighted by molar-refractivity contribution is -0.124. The van der Waals surface area contributed by atoms with E-state index in [4.69, 9.17) is 0 Å². The number of carbonyl (C=O) groups is 1. The van der Waals surface area contributed by atoms with Crippen molar-refractivity contribution in [3.63, 3.8) is 0 Å². The van der Waals surface area contributed by atoms with Crippen molar-refractivity contribution < 1.29 is 4.79 Å². The lowest BCUT2D eigenvalue weighted by Gasteiger charge is -2.32. The molecule has 1 aliphatic carbocycles. The fourth-order valence-corrected chi connectivity index (χ4v) is 2.46. The molecule has 0 bridgehead atoms. The fourth-order valence-electron chi connectivity index (χ4n) is 2.46. The van der Waals surface area contributed by atoms with Gasteiger partial charge in [-0.2, -0.15) is 0 Å². The first-order valence-corrected chi connectivity index (χ1v) is 5.13. The Bertz CT molecular complexity index is 160. The summed E-state index contributed by atoms with van der Waals surface area (Å²) >= 11 is 0. The molecule has 0 aliphatic heterocycles. The minimum atomic E-state index is 0.374. The summed E-state index contributed by atoms with van der Waals surface area (Å²) in [7, 11) is 0. The smallest absolute Gasteiger partial charge is 0.133 e. The molecule has 70 valence electrons. The first kappa shape index (κ1) is 9.76. The summed E-state index contributed by atoms with van der Waals surface area (Å²) in [5, 5.41) is 0. The number of hydrogen-bond donors (Lipinski definition) is 0. The molecule has 1 aliphatic rings. The second kappa shape index (κ2) is 4.06. The second-order valence-corrected chi connectivity index (χ2v) is 4.41. The van der Waals surface area contributed by atoms with E-state index in [0.717, 1.165) is 6.42 Å². The van der Waals surface area contributed by atoms with Crippen LogP contribution in [-0.4, -0.2) is 5.78 Å². The van der Waals surface area contributed by atoms with Gasteiger partial charge in [0.1, 0.15) is 5.78 Å². The Morgan fingerprint density at radius 3 is 2.25 bits per heavy atom. The zero-order valence-electron chi connectivity index (χ0n) is 8.47. The van der Waals surface area contributed by atoms with Crippen LogP contribution in [0.2, 0.25) is 0 Å². The average molecular weight is 168 g/mol. The van der Waals surface area contributed by atoms with Crippen LogP contribution in [0, 0.1) is 17.8 Å². The first-order valence-electron chi connectivity index (χ1n) is 5.13. The molecule has 0 aromatic rings. The third-order valence-electron chi connectivity index (χ3n) is 3.20. The Labute approximate surface area is 75.5 Å². The van der Waals surface area contributed by atoms with Crippen molar-refractivity contribution in [2.24, 2.45) is 17.8 Å². The summed E-state index contributed by atoms with van der Waals surface area (Å²) in [5.74, 6) is 2.13. The quantitative estimate of drug-likeness (QED) is 0.619. The van der Waals surface area contributed by atoms with Gasteiger partial charge >= 0.3 is 0 Å². The van der Waals surface area contributed by atoms with E-state index < -0.39 is 0 Å². The van der Waals surface area contributed by atoms with Crippen molar-refractivity contribution in [1.82, 2.24) is 0 Å². The van der Waals surface area contributed by atoms with Crippen molar-refractivity contribution in [3.05, 3.63) is 0 Å². The van der Waals surface area contributed by atoms with E-state index in [1.54, 1.807) is 6.92 Å². The van der Waals surface area contributed by atoms with Crippen LogP contribution in [0.15, 0.2) is 0 Å². The van der Waals surface area contributed by atoms with E-state index in [1.807, 2.05) is 0 Å². The SMILES string of the molecule is CC(=O)[C@@H]1CCCC[C@@H]1C(C)C. The normalized spacial score (nSPS) is 30.7. The van der Waals surface area contributed by atoms with Crippen LogP contribution >= 0.6 is 0 Å². The standard InChI is InChI=1S/C11H20O/c1-8(2)10-6-4-5-7-11(10)9(3)12/h8,10-11H,4-7H2,1-3H3/t10-,11+/m1/s1. The highest BCUT2D eigenvalue weighted by Crippen LogP contribution is 2.35. The van der Waals surface area contributed by atoms with Gasteiger partial charge in [-0.1, -0.05) is 26.7 Å². The minimum absolute atomic E-state index is 0.374. The lowest BCUT2D eigenvalue weighted by Crippen LogP contribution is -2.29. The number of Topliss-reactive ketones (excluding diaryl/α,β-unsaturated/α-hetero) is 1. The molecule has 1 nitrogen and oxygen atoms in total. The van der Waals surface area contributed by atoms with Gasteiger partial charge in [0.25, 0.3) is 0 Å². The van der Waals surface area contributed by atoms with Crippen LogP contribution < -0.4 is 0 Å². The molecule has 0 unspecified atom stereocenters. The third-order valence-corrected chi connectivity index (χ3v) is 3.20. The Morgan fingerprint density at radius 1 is 1.25 bits per heavy atom. The summed E-state index contributed by atoms with van der Waals surface area (Å²) in [6, 6.07) is 0. The number of carbonyl (C=O) groups excluding carboxylic acids is 1. The molecule has 1 saturated carbocycles. The van der Waals surface area contributed by atoms with Gasteiger partial charge in [-0.05, 0) is 31.6 Å². The largest absolute Gasteiger partial charge is 0.300 e. The lowest BCUT2D eigenvalue weighted by atomic mass is 9.72. The molecule has 0 spiro atoms. The van der Waals surface area contributed by atoms with E-state index in [2.05, 4.69) is 13.8 Å². The maximum absolute atomic E-state index is 11.3. The van der Waals surface area contributed by atoms with Crippen molar-refractivity contribution >= 4 is 5.78 Å². The van der Waals surface area contributed by atoms with E-state index in [1.165, 1.54) is 19.3 Å². The molecule has 0 saturated heterocycles. The number of hydrogen-bond acceptors (Lipinski definition) is 1. The summed E-state index contributed by atoms with van der Waals surface area (Å²) in [5.41, 5.74) is 0. The first-order chi connectivity index (χ1) is 5.63. The molecular weight excluding hydrogens is 148 g/mol. The molecule has 0 amide bonds. The Kier molecular flexibility index (Phi) is 3.30. The van der Waals surface area contributed by atoms with Gasteiger partial charge < -0.3 is 0 Å². The summed E-state index contributed by atoms with van der Waals surface area (Å²) < 4.78 is 0. The van der Waals surface area contributed by atoms with Crippen LogP contribution in [0.3, 0.4) is 0 Å². The van der Waals surface area contributed by atoms with Gasteiger partial charge in [0, 0.05) is 5.92 Å². The third kappa shape index (κ3) is 2.09. The highest BCUT2D eigenvalue weighted by atomic mass is 16.1. The minimum Gasteiger partial charge on any atom is -0.300 e. The van der Waals surface area contributed by atoms with E-state index >= 15 is 0 Å². The van der Waals surface area contributed by atoms with Gasteiger partial charge in [0.15, 0.2) is 0 Å². The molecule has 2 atom stereocenters. The molecule has 0 aromatic heterocycles. The molecule has 0 heterocycles. The Balaban J connectivity index is 2.60. The van der Waals surface area contributed by atoms with Crippen molar-refractivity contribution in [2.45, 2.75) is 46.5 Å². The van der Waals surface area contributed by atoms with Crippen molar-refractivity contribution in [1.29, 1.82) is 0 Å². The molecule has 1 heteroatoms. The van der Waals surface area contributed by atoms with Crippen LogP contribution in [0.25, 0.3) is 0 Å². The van der Waals surface area contributed by atoms with Crippen LogP contribution in [0.5, 0.6) is 0 Å². The zero-order valence-corrected chi connectivity index (χ0v) is 8.47. The van der Waals surface area contributed by atoms with Gasteiger partial charge in [0.2, 0.25) is 0 Å². The van der Waals surface area contributed by atoms with Crippen molar-refractivity contribution in [2.75, 3.05) is 0 Å². The van der Waals surface area contributed by atoms with E-state index in [9.17, 15) is 4.79 Å². The molecular formula is C11H20O. The molecule has 1 rings (SSSR count). The van der Waals surface area contributed by atoms with Crippen LogP contribution in [0.1, 0.15) is 46.5 Å². The predicted octanol–water partition coefficient (Wildman–Crippen LogP) is 3.04. The van der Waals surface area contributed by atoms with Gasteiger partial charge in [0.05, 0.1) is 0 Å². The van der Waals surface area contributed by atoms with Gasteiger partial charge in [-0.15, -0.1) is 0 Å². The van der Waals surface area contributed by atoms with Gasteiger partial charge in [-0.3, -0.25) is 4.79 Å². The summed E-state index contributed by atoms with van der Waals surface area (Å²) in [4.78, 5) is 11.3. The monoisotopic (exact) mass is 168 g/mol. The highest BCUT2D eigenvalue weighted by molar-refractivity contribution is 5.78. The zero-order chi connectivity index (χ0) is 9.14. The second-order valence-electron chi connectivity index (χ2n) is 4.41. The maximum Gasteiger partial charge on any atom is 0.133 e. The van der Waals surface area contributed by atoms with E-state index in [-0.39, 0.29) is 0 Å². The summed E-state index contributed by atoms with van der Waals surface area (Å²) in [6.07, 6.45) is 4.99. The Hall–Kier alpha value is -0.330. The van der Waals surface area contributed by atoms with Crippen LogP contribution in [-0.2, 0) is 4.79 Å². The molecule has 0 N–H and O–H groups in total. The summed E-state index contributed by atoms with van der Waals surface area (Å²) in [6.45, 7) is 6.24. The van der Waals surface area contributed by atoms with Crippen molar-refractivity contribution in [3.8, 4) is 0 Å². The average Bonchev–Trinajstić information content (AvgIpc) is 2.04. The fraction of sp³-hybridized carbons (Fsp3) is 0.909. The van der Waals surface area contributed by atoms with Gasteiger partial charge in [-0.25, -0.2) is 0 Å². The number of ketones is 1. The Morgan fingerprint density at radius 2 is 1.83 bits per heavy atom. The van der Waals surface area contributed by atoms with E-state index in [0.29, 0.717) is 23.5 Å². The van der Waals surface area contributed by atoms with Crippen LogP contribution in [0.4, 0.5) is 0 Å². The maximum atomic E-state index is 11.3. The molecule has 1 fully saturated rings. The topological polar surface area (TPSA) is 17.1 Å². The highest BCUT2D eigenvalue weighted by Gasteiger charge is 2.30.